The molecule has 3 heterocycles. The van der Waals surface area contributed by atoms with Crippen LogP contribution in [0.1, 0.15) is 29.5 Å². The maximum Gasteiger partial charge on any atom is 0.214 e. The van der Waals surface area contributed by atoms with E-state index in [0.29, 0.717) is 17.3 Å². The molecule has 3 aromatic heterocycles. The Bertz CT molecular complexity index is 1110. The molecule has 4 aromatic rings. The van der Waals surface area contributed by atoms with Gasteiger partial charge in [0.2, 0.25) is 4.96 Å². The fourth-order valence-electron chi connectivity index (χ4n) is 2.84. The van der Waals surface area contributed by atoms with Crippen LogP contribution in [0.2, 0.25) is 0 Å². The molecule has 0 atom stereocenters. The normalized spacial score (nSPS) is 14.6. The summed E-state index contributed by atoms with van der Waals surface area (Å²) in [6.45, 7) is 0. The summed E-state index contributed by atoms with van der Waals surface area (Å²) >= 11 is 1.59. The number of aromatic nitrogens is 5. The summed E-state index contributed by atoms with van der Waals surface area (Å²) in [5.74, 6) is 0.571. The van der Waals surface area contributed by atoms with Gasteiger partial charge in [-0.2, -0.15) is 14.9 Å². The first-order chi connectivity index (χ1) is 11.2. The van der Waals surface area contributed by atoms with Crippen molar-refractivity contribution in [2.24, 2.45) is 7.05 Å². The summed E-state index contributed by atoms with van der Waals surface area (Å²) < 4.78 is 3.66. The zero-order valence-electron chi connectivity index (χ0n) is 12.4. The van der Waals surface area contributed by atoms with Gasteiger partial charge >= 0.3 is 0 Å². The van der Waals surface area contributed by atoms with Crippen molar-refractivity contribution in [2.75, 3.05) is 0 Å². The molecule has 1 aliphatic carbocycles. The maximum atomic E-state index is 9.58. The lowest BCUT2D eigenvalue weighted by Gasteiger charge is -1.99. The lowest BCUT2D eigenvalue weighted by molar-refractivity contribution is 0.893. The van der Waals surface area contributed by atoms with E-state index in [9.17, 15) is 5.26 Å². The minimum absolute atomic E-state index is 0.499. The number of aryl methyl sites for hydroxylation is 1. The number of hydrogen-bond donors (Lipinski definition) is 0. The van der Waals surface area contributed by atoms with Gasteiger partial charge in [0, 0.05) is 18.5 Å². The average Bonchev–Trinajstić information content (AvgIpc) is 3.10. The lowest BCUT2D eigenvalue weighted by atomic mass is 10.1. The van der Waals surface area contributed by atoms with Crippen LogP contribution in [0.3, 0.4) is 0 Å². The molecule has 0 radical (unpaired) electrons. The molecule has 1 fully saturated rings. The Hall–Kier alpha value is -2.72. The molecule has 0 bridgehead atoms. The molecule has 7 heteroatoms. The molecule has 0 saturated heterocycles. The van der Waals surface area contributed by atoms with Crippen molar-refractivity contribution < 1.29 is 0 Å². The second-order valence-corrected chi connectivity index (χ2v) is 6.88. The van der Waals surface area contributed by atoms with Crippen molar-refractivity contribution in [3.8, 4) is 17.3 Å². The second kappa shape index (κ2) is 4.40. The van der Waals surface area contributed by atoms with E-state index in [2.05, 4.69) is 21.1 Å². The van der Waals surface area contributed by atoms with Gasteiger partial charge in [-0.15, -0.1) is 0 Å². The van der Waals surface area contributed by atoms with E-state index in [0.717, 1.165) is 26.6 Å². The SMILES string of the molecule is Cn1cnc2cc(-c3nc4sc(C5CC5)nn4c3C#N)ccc21. The first-order valence-electron chi connectivity index (χ1n) is 7.45. The summed E-state index contributed by atoms with van der Waals surface area (Å²) in [4.78, 5) is 9.83. The van der Waals surface area contributed by atoms with Gasteiger partial charge < -0.3 is 4.57 Å². The number of nitriles is 1. The monoisotopic (exact) mass is 320 g/mol. The van der Waals surface area contributed by atoms with E-state index in [-0.39, 0.29) is 0 Å². The Morgan fingerprint density at radius 2 is 2.22 bits per heavy atom. The Morgan fingerprint density at radius 1 is 1.35 bits per heavy atom. The van der Waals surface area contributed by atoms with Crippen LogP contribution in [0, 0.1) is 11.3 Å². The third kappa shape index (κ3) is 1.82. The molecule has 6 nitrogen and oxygen atoms in total. The molecule has 5 rings (SSSR count). The maximum absolute atomic E-state index is 9.58. The van der Waals surface area contributed by atoms with Crippen LogP contribution in [0.15, 0.2) is 24.5 Å². The summed E-state index contributed by atoms with van der Waals surface area (Å²) in [5, 5.41) is 15.3. The highest BCUT2D eigenvalue weighted by atomic mass is 32.1. The number of imidazole rings is 2. The quantitative estimate of drug-likeness (QED) is 0.569. The number of nitrogens with zero attached hydrogens (tertiary/aromatic N) is 6. The van der Waals surface area contributed by atoms with Crippen molar-refractivity contribution in [3.05, 3.63) is 35.2 Å². The van der Waals surface area contributed by atoms with Crippen LogP contribution in [0.25, 0.3) is 27.3 Å². The van der Waals surface area contributed by atoms with Gasteiger partial charge in [0.15, 0.2) is 5.69 Å². The Labute approximate surface area is 135 Å². The van der Waals surface area contributed by atoms with Gasteiger partial charge in [-0.05, 0) is 25.0 Å². The largest absolute Gasteiger partial charge is 0.334 e. The summed E-state index contributed by atoms with van der Waals surface area (Å²) in [6, 6.07) is 8.23. The van der Waals surface area contributed by atoms with Gasteiger partial charge in [-0.3, -0.25) is 0 Å². The predicted molar refractivity (Wildman–Crippen MR) is 87.3 cm³/mol. The number of rotatable bonds is 2. The first-order valence-corrected chi connectivity index (χ1v) is 8.27. The van der Waals surface area contributed by atoms with Crippen molar-refractivity contribution >= 4 is 27.3 Å². The van der Waals surface area contributed by atoms with E-state index >= 15 is 0 Å². The molecule has 0 spiro atoms. The van der Waals surface area contributed by atoms with E-state index in [1.807, 2.05) is 29.8 Å². The minimum atomic E-state index is 0.499. The molecule has 0 N–H and O–H groups in total. The second-order valence-electron chi connectivity index (χ2n) is 5.89. The number of hydrogen-bond acceptors (Lipinski definition) is 5. The smallest absolute Gasteiger partial charge is 0.214 e. The summed E-state index contributed by atoms with van der Waals surface area (Å²) in [6.07, 6.45) is 4.18. The average molecular weight is 320 g/mol. The molecule has 1 saturated carbocycles. The molecule has 1 aromatic carbocycles. The fourth-order valence-corrected chi connectivity index (χ4v) is 3.91. The van der Waals surface area contributed by atoms with Crippen LogP contribution in [-0.4, -0.2) is 24.1 Å². The summed E-state index contributed by atoms with van der Waals surface area (Å²) in [5.41, 5.74) is 4.04. The molecular weight excluding hydrogens is 308 g/mol. The lowest BCUT2D eigenvalue weighted by Crippen LogP contribution is -1.92. The first kappa shape index (κ1) is 12.8. The van der Waals surface area contributed by atoms with Gasteiger partial charge in [-0.25, -0.2) is 9.97 Å². The molecule has 0 aliphatic heterocycles. The van der Waals surface area contributed by atoms with Crippen molar-refractivity contribution in [2.45, 2.75) is 18.8 Å². The van der Waals surface area contributed by atoms with Gasteiger partial charge in [0.25, 0.3) is 0 Å². The molecule has 0 amide bonds. The van der Waals surface area contributed by atoms with E-state index in [4.69, 9.17) is 0 Å². The Balaban J connectivity index is 1.71. The highest BCUT2D eigenvalue weighted by molar-refractivity contribution is 7.16. The van der Waals surface area contributed by atoms with Crippen LogP contribution in [0.5, 0.6) is 0 Å². The minimum Gasteiger partial charge on any atom is -0.334 e. The zero-order chi connectivity index (χ0) is 15.6. The van der Waals surface area contributed by atoms with Gasteiger partial charge in [0.1, 0.15) is 16.8 Å². The fraction of sp³-hybridized carbons (Fsp3) is 0.250. The van der Waals surface area contributed by atoms with E-state index in [1.165, 1.54) is 12.8 Å². The van der Waals surface area contributed by atoms with Crippen molar-refractivity contribution in [1.29, 1.82) is 5.26 Å². The van der Waals surface area contributed by atoms with Crippen molar-refractivity contribution in [3.63, 3.8) is 0 Å². The highest BCUT2D eigenvalue weighted by Crippen LogP contribution is 2.42. The van der Waals surface area contributed by atoms with Crippen molar-refractivity contribution in [1.82, 2.24) is 24.1 Å². The summed E-state index contributed by atoms with van der Waals surface area (Å²) in [7, 11) is 1.96. The molecule has 23 heavy (non-hydrogen) atoms. The van der Waals surface area contributed by atoms with Gasteiger partial charge in [-0.1, -0.05) is 17.4 Å². The zero-order valence-corrected chi connectivity index (χ0v) is 13.2. The third-order valence-electron chi connectivity index (χ3n) is 4.25. The number of fused-ring (bicyclic) bond motifs is 2. The predicted octanol–water partition coefficient (Wildman–Crippen LogP) is 3.09. The Morgan fingerprint density at radius 3 is 3.00 bits per heavy atom. The standard InChI is InChI=1S/C16H12N6S/c1-21-8-18-11-6-10(4-5-12(11)21)14-13(7-17)22-16(19-14)23-15(20-22)9-2-3-9/h4-6,8-9H,2-3H2,1H3. The molecule has 1 aliphatic rings. The molecular formula is C16H12N6S. The molecule has 112 valence electrons. The highest BCUT2D eigenvalue weighted by Gasteiger charge is 2.29. The Kier molecular flexibility index (Phi) is 2.44. The van der Waals surface area contributed by atoms with E-state index in [1.54, 1.807) is 22.2 Å². The van der Waals surface area contributed by atoms with Crippen LogP contribution < -0.4 is 0 Å². The van der Waals surface area contributed by atoms with Crippen LogP contribution >= 0.6 is 11.3 Å². The van der Waals surface area contributed by atoms with Gasteiger partial charge in [0.05, 0.1) is 17.4 Å². The number of benzene rings is 1. The van der Waals surface area contributed by atoms with Crippen LogP contribution in [-0.2, 0) is 7.05 Å². The molecule has 0 unspecified atom stereocenters. The topological polar surface area (TPSA) is 71.8 Å². The van der Waals surface area contributed by atoms with E-state index < -0.39 is 0 Å². The van der Waals surface area contributed by atoms with Crippen LogP contribution in [0.4, 0.5) is 0 Å². The third-order valence-corrected chi connectivity index (χ3v) is 5.32.